The van der Waals surface area contributed by atoms with E-state index < -0.39 is 0 Å². The van der Waals surface area contributed by atoms with Crippen LogP contribution >= 0.6 is 0 Å². The van der Waals surface area contributed by atoms with Crippen LogP contribution in [0.2, 0.25) is 0 Å². The molecule has 1 unspecified atom stereocenters. The molecule has 5 heteroatoms. The zero-order valence-corrected chi connectivity index (χ0v) is 19.8. The first-order chi connectivity index (χ1) is 15.8. The van der Waals surface area contributed by atoms with Gasteiger partial charge in [0.15, 0.2) is 0 Å². The molecule has 6 atom stereocenters. The molecule has 4 nitrogen and oxygen atoms in total. The van der Waals surface area contributed by atoms with Crippen LogP contribution in [0.25, 0.3) is 0 Å². The van der Waals surface area contributed by atoms with Gasteiger partial charge in [-0.25, -0.2) is 4.39 Å². The Bertz CT molecular complexity index is 1030. The molecule has 176 valence electrons. The van der Waals surface area contributed by atoms with Crippen LogP contribution in [0.15, 0.2) is 36.0 Å². The van der Waals surface area contributed by atoms with Gasteiger partial charge in [-0.1, -0.05) is 26.0 Å². The van der Waals surface area contributed by atoms with E-state index in [1.807, 2.05) is 0 Å². The van der Waals surface area contributed by atoms with Gasteiger partial charge in [-0.2, -0.15) is 0 Å². The molecule has 2 amide bonds. The lowest BCUT2D eigenvalue weighted by molar-refractivity contribution is -0.139. The second-order valence-corrected chi connectivity index (χ2v) is 11.8. The summed E-state index contributed by atoms with van der Waals surface area (Å²) in [5.74, 6) is 1.73. The maximum absolute atomic E-state index is 13.6. The van der Waals surface area contributed by atoms with Crippen molar-refractivity contribution < 1.29 is 14.0 Å². The van der Waals surface area contributed by atoms with Crippen molar-refractivity contribution in [1.29, 1.82) is 0 Å². The summed E-state index contributed by atoms with van der Waals surface area (Å²) in [7, 11) is 0. The Morgan fingerprint density at radius 1 is 1.09 bits per heavy atom. The highest BCUT2D eigenvalue weighted by Gasteiger charge is 2.61. The lowest BCUT2D eigenvalue weighted by atomic mass is 9.49. The Hall–Kier alpha value is -2.17. The average molecular weight is 451 g/mol. The van der Waals surface area contributed by atoms with E-state index >= 15 is 0 Å². The van der Waals surface area contributed by atoms with Gasteiger partial charge in [0, 0.05) is 35.2 Å². The average Bonchev–Trinajstić information content (AvgIpc) is 3.54. The molecule has 1 heterocycles. The first kappa shape index (κ1) is 21.4. The van der Waals surface area contributed by atoms with E-state index in [0.717, 1.165) is 51.4 Å². The molecule has 1 N–H and O–H groups in total. The smallest absolute Gasteiger partial charge is 0.228 e. The third-order valence-electron chi connectivity index (χ3n) is 10.1. The number of fused-ring (bicyclic) bond motifs is 5. The van der Waals surface area contributed by atoms with Gasteiger partial charge >= 0.3 is 0 Å². The van der Waals surface area contributed by atoms with Crippen molar-refractivity contribution in [3.63, 3.8) is 0 Å². The second-order valence-electron chi connectivity index (χ2n) is 11.8. The van der Waals surface area contributed by atoms with Crippen LogP contribution in [-0.4, -0.2) is 22.8 Å². The summed E-state index contributed by atoms with van der Waals surface area (Å²) in [6.07, 6.45) is 11.6. The normalized spacial score (nSPS) is 39.9. The molecule has 0 spiro atoms. The second kappa shape index (κ2) is 7.41. The van der Waals surface area contributed by atoms with Gasteiger partial charge in [-0.3, -0.25) is 9.59 Å². The van der Waals surface area contributed by atoms with Crippen molar-refractivity contribution in [3.8, 4) is 0 Å². The van der Waals surface area contributed by atoms with Crippen LogP contribution in [0.4, 0.5) is 10.1 Å². The largest absolute Gasteiger partial charge is 0.326 e. The molecular weight excluding hydrogens is 415 g/mol. The van der Waals surface area contributed by atoms with Gasteiger partial charge in [0.1, 0.15) is 5.82 Å². The topological polar surface area (TPSA) is 49.4 Å². The number of nitrogens with one attached hydrogen (secondary N) is 1. The van der Waals surface area contributed by atoms with Crippen molar-refractivity contribution in [2.24, 2.45) is 34.5 Å². The molecular formula is C28H35FN2O2. The fourth-order valence-electron chi connectivity index (χ4n) is 8.35. The van der Waals surface area contributed by atoms with Crippen molar-refractivity contribution >= 4 is 17.5 Å². The van der Waals surface area contributed by atoms with Crippen molar-refractivity contribution in [3.05, 3.63) is 41.9 Å². The minimum atomic E-state index is -0.326. The zero-order valence-electron chi connectivity index (χ0n) is 19.8. The number of hydrogen-bond donors (Lipinski definition) is 1. The summed E-state index contributed by atoms with van der Waals surface area (Å²) < 4.78 is 13.6. The molecule has 4 fully saturated rings. The Morgan fingerprint density at radius 3 is 2.67 bits per heavy atom. The molecule has 1 aromatic carbocycles. The number of amides is 2. The molecule has 33 heavy (non-hydrogen) atoms. The number of carbonyl (C=O) groups is 2. The van der Waals surface area contributed by atoms with Crippen LogP contribution in [0.5, 0.6) is 0 Å². The third-order valence-corrected chi connectivity index (χ3v) is 10.1. The maximum atomic E-state index is 13.6. The molecule has 5 aliphatic rings. The van der Waals surface area contributed by atoms with E-state index in [9.17, 15) is 14.0 Å². The standard InChI is InChI=1S/C28H35FN2O2/c1-27-14-12-22-20(8-11-24-28(22,2)15-13-25(32)31(24)19-6-7-19)21(27)9-10-23(27)26(33)30-18-5-3-4-17(29)16-18/h3-5,11,16,19-23H,6-10,12-15H2,1-2H3,(H,30,33)/t20-,21-,22+,23?,27-,28+/m0/s1. The van der Waals surface area contributed by atoms with Gasteiger partial charge in [0.2, 0.25) is 11.8 Å². The van der Waals surface area contributed by atoms with E-state index in [1.165, 1.54) is 17.8 Å². The van der Waals surface area contributed by atoms with Crippen LogP contribution in [0, 0.1) is 40.3 Å². The Labute approximate surface area is 196 Å². The Kier molecular flexibility index (Phi) is 4.80. The summed E-state index contributed by atoms with van der Waals surface area (Å²) in [5.41, 5.74) is 1.94. The lowest BCUT2D eigenvalue weighted by Crippen LogP contribution is -2.55. The first-order valence-corrected chi connectivity index (χ1v) is 12.9. The molecule has 0 radical (unpaired) electrons. The molecule has 4 aliphatic carbocycles. The van der Waals surface area contributed by atoms with Crippen molar-refractivity contribution in [1.82, 2.24) is 4.90 Å². The Balaban J connectivity index is 1.25. The van der Waals surface area contributed by atoms with E-state index in [4.69, 9.17) is 0 Å². The Morgan fingerprint density at radius 2 is 1.91 bits per heavy atom. The SMILES string of the molecule is C[C@]12CCC(=O)N(C3CC3)C1=CC[C@@H]1[C@H]2CC[C@]2(C)C(C(=O)Nc3cccc(F)c3)CC[C@@H]12. The summed E-state index contributed by atoms with van der Waals surface area (Å²) in [6, 6.07) is 6.64. The number of piperidine rings is 1. The summed E-state index contributed by atoms with van der Waals surface area (Å²) in [5, 5.41) is 3.00. The highest BCUT2D eigenvalue weighted by atomic mass is 19.1. The molecule has 3 saturated carbocycles. The van der Waals surface area contributed by atoms with Crippen molar-refractivity contribution in [2.75, 3.05) is 5.32 Å². The lowest BCUT2D eigenvalue weighted by Gasteiger charge is -2.58. The van der Waals surface area contributed by atoms with Crippen LogP contribution in [-0.2, 0) is 9.59 Å². The fraction of sp³-hybridized carbons (Fsp3) is 0.643. The number of nitrogens with zero attached hydrogens (tertiary/aromatic N) is 1. The minimum Gasteiger partial charge on any atom is -0.326 e. The molecule has 0 bridgehead atoms. The number of hydrogen-bond acceptors (Lipinski definition) is 2. The van der Waals surface area contributed by atoms with E-state index in [1.54, 1.807) is 12.1 Å². The van der Waals surface area contributed by atoms with Gasteiger partial charge in [0.05, 0.1) is 0 Å². The fourth-order valence-corrected chi connectivity index (χ4v) is 8.35. The monoisotopic (exact) mass is 450 g/mol. The number of allylic oxidation sites excluding steroid dienone is 2. The summed E-state index contributed by atoms with van der Waals surface area (Å²) >= 11 is 0. The maximum Gasteiger partial charge on any atom is 0.228 e. The van der Waals surface area contributed by atoms with E-state index in [0.29, 0.717) is 41.8 Å². The predicted octanol–water partition coefficient (Wildman–Crippen LogP) is 5.90. The number of likely N-dealkylation sites (tertiary alicyclic amines) is 1. The van der Waals surface area contributed by atoms with Crippen LogP contribution < -0.4 is 5.32 Å². The highest BCUT2D eigenvalue weighted by molar-refractivity contribution is 5.93. The van der Waals surface area contributed by atoms with E-state index in [-0.39, 0.29) is 28.5 Å². The zero-order chi connectivity index (χ0) is 23.0. The number of benzene rings is 1. The number of rotatable bonds is 3. The molecule has 1 aromatic rings. The van der Waals surface area contributed by atoms with Crippen LogP contribution in [0.1, 0.15) is 71.6 Å². The number of anilines is 1. The van der Waals surface area contributed by atoms with Gasteiger partial charge in [0.25, 0.3) is 0 Å². The summed E-state index contributed by atoms with van der Waals surface area (Å²) in [4.78, 5) is 28.3. The molecule has 1 saturated heterocycles. The molecule has 1 aliphatic heterocycles. The third kappa shape index (κ3) is 3.21. The quantitative estimate of drug-likeness (QED) is 0.623. The van der Waals surface area contributed by atoms with Crippen LogP contribution in [0.3, 0.4) is 0 Å². The number of halogens is 1. The van der Waals surface area contributed by atoms with Gasteiger partial charge in [-0.05, 0) is 92.7 Å². The van der Waals surface area contributed by atoms with E-state index in [2.05, 4.69) is 30.1 Å². The van der Waals surface area contributed by atoms with Gasteiger partial charge in [-0.15, -0.1) is 0 Å². The highest BCUT2D eigenvalue weighted by Crippen LogP contribution is 2.66. The molecule has 6 rings (SSSR count). The predicted molar refractivity (Wildman–Crippen MR) is 125 cm³/mol. The van der Waals surface area contributed by atoms with Crippen molar-refractivity contribution in [2.45, 2.75) is 77.7 Å². The first-order valence-electron chi connectivity index (χ1n) is 12.9. The minimum absolute atomic E-state index is 0.0130. The van der Waals surface area contributed by atoms with Gasteiger partial charge < -0.3 is 10.2 Å². The molecule has 0 aromatic heterocycles. The summed E-state index contributed by atoms with van der Waals surface area (Å²) in [6.45, 7) is 4.75. The number of carbonyl (C=O) groups excluding carboxylic acids is 2.